The molecule has 0 saturated heterocycles. The molecule has 1 fully saturated rings. The molecular weight excluding hydrogens is 340 g/mol. The van der Waals surface area contributed by atoms with Crippen LogP contribution in [0.4, 0.5) is 0 Å². The molecule has 4 rings (SSSR count). The first-order valence-corrected chi connectivity index (χ1v) is 9.81. The Morgan fingerprint density at radius 1 is 1.19 bits per heavy atom. The SMILES string of the molecule is CC1(C(=O)NC2CCCCC2)Cc2ccccc2C(=O)N1Cc1ccco1. The summed E-state index contributed by atoms with van der Waals surface area (Å²) in [6.45, 7) is 2.16. The Morgan fingerprint density at radius 3 is 2.70 bits per heavy atom. The second-order valence-corrected chi connectivity index (χ2v) is 7.89. The number of nitrogens with zero attached hydrogens (tertiary/aromatic N) is 1. The lowest BCUT2D eigenvalue weighted by Crippen LogP contribution is -2.63. The lowest BCUT2D eigenvalue weighted by Gasteiger charge is -2.44. The minimum atomic E-state index is -0.935. The molecule has 1 aliphatic carbocycles. The van der Waals surface area contributed by atoms with Gasteiger partial charge in [0.05, 0.1) is 12.8 Å². The second kappa shape index (κ2) is 7.22. The average Bonchev–Trinajstić information content (AvgIpc) is 3.19. The van der Waals surface area contributed by atoms with Crippen molar-refractivity contribution in [3.05, 3.63) is 59.5 Å². The Labute approximate surface area is 159 Å². The van der Waals surface area contributed by atoms with Crippen molar-refractivity contribution in [2.75, 3.05) is 0 Å². The monoisotopic (exact) mass is 366 g/mol. The van der Waals surface area contributed by atoms with E-state index in [2.05, 4.69) is 5.32 Å². The van der Waals surface area contributed by atoms with E-state index in [0.29, 0.717) is 17.7 Å². The predicted octanol–water partition coefficient (Wildman–Crippen LogP) is 3.69. The summed E-state index contributed by atoms with van der Waals surface area (Å²) < 4.78 is 5.47. The molecule has 0 bridgehead atoms. The van der Waals surface area contributed by atoms with Crippen molar-refractivity contribution < 1.29 is 14.0 Å². The number of nitrogens with one attached hydrogen (secondary N) is 1. The van der Waals surface area contributed by atoms with Gasteiger partial charge in [-0.05, 0) is 43.5 Å². The van der Waals surface area contributed by atoms with Crippen molar-refractivity contribution >= 4 is 11.8 Å². The van der Waals surface area contributed by atoms with Crippen molar-refractivity contribution in [2.45, 2.75) is 63.6 Å². The highest BCUT2D eigenvalue weighted by Crippen LogP contribution is 2.33. The van der Waals surface area contributed by atoms with Crippen LogP contribution >= 0.6 is 0 Å². The Hall–Kier alpha value is -2.56. The molecule has 2 aliphatic rings. The predicted molar refractivity (Wildman–Crippen MR) is 102 cm³/mol. The van der Waals surface area contributed by atoms with Gasteiger partial charge in [-0.3, -0.25) is 9.59 Å². The van der Waals surface area contributed by atoms with E-state index < -0.39 is 5.54 Å². The van der Waals surface area contributed by atoms with Gasteiger partial charge in [-0.15, -0.1) is 0 Å². The number of hydrogen-bond acceptors (Lipinski definition) is 3. The van der Waals surface area contributed by atoms with Crippen LogP contribution in [0, 0.1) is 0 Å². The third-order valence-electron chi connectivity index (χ3n) is 5.95. The van der Waals surface area contributed by atoms with Gasteiger partial charge in [-0.1, -0.05) is 37.5 Å². The molecule has 1 aliphatic heterocycles. The van der Waals surface area contributed by atoms with Crippen molar-refractivity contribution in [2.24, 2.45) is 0 Å². The van der Waals surface area contributed by atoms with E-state index >= 15 is 0 Å². The summed E-state index contributed by atoms with van der Waals surface area (Å²) in [5.41, 5.74) is 0.668. The molecule has 2 aromatic rings. The number of rotatable bonds is 4. The molecular formula is C22H26N2O3. The highest BCUT2D eigenvalue weighted by Gasteiger charge is 2.47. The van der Waals surface area contributed by atoms with Crippen LogP contribution in [0.25, 0.3) is 0 Å². The van der Waals surface area contributed by atoms with Gasteiger partial charge in [0.15, 0.2) is 0 Å². The number of hydrogen-bond donors (Lipinski definition) is 1. The van der Waals surface area contributed by atoms with Crippen LogP contribution in [-0.2, 0) is 17.8 Å². The molecule has 2 amide bonds. The third kappa shape index (κ3) is 3.38. The number of furan rings is 1. The van der Waals surface area contributed by atoms with Crippen LogP contribution in [0.15, 0.2) is 47.1 Å². The third-order valence-corrected chi connectivity index (χ3v) is 5.95. The van der Waals surface area contributed by atoms with Gasteiger partial charge in [0.1, 0.15) is 11.3 Å². The van der Waals surface area contributed by atoms with E-state index in [0.717, 1.165) is 31.2 Å². The van der Waals surface area contributed by atoms with Crippen LogP contribution in [0.2, 0.25) is 0 Å². The molecule has 1 atom stereocenters. The first-order valence-electron chi connectivity index (χ1n) is 9.81. The first-order chi connectivity index (χ1) is 13.1. The number of carbonyl (C=O) groups excluding carboxylic acids is 2. The molecule has 1 unspecified atom stereocenters. The van der Waals surface area contributed by atoms with Crippen molar-refractivity contribution in [3.8, 4) is 0 Å². The lowest BCUT2D eigenvalue weighted by atomic mass is 9.82. The number of fused-ring (bicyclic) bond motifs is 1. The molecule has 1 saturated carbocycles. The molecule has 1 N–H and O–H groups in total. The molecule has 27 heavy (non-hydrogen) atoms. The quantitative estimate of drug-likeness (QED) is 0.898. The molecule has 1 aromatic carbocycles. The maximum Gasteiger partial charge on any atom is 0.255 e. The van der Waals surface area contributed by atoms with Gasteiger partial charge in [0.2, 0.25) is 5.91 Å². The van der Waals surface area contributed by atoms with Gasteiger partial charge in [0, 0.05) is 18.0 Å². The first kappa shape index (κ1) is 17.8. The number of amides is 2. The smallest absolute Gasteiger partial charge is 0.255 e. The summed E-state index contributed by atoms with van der Waals surface area (Å²) in [6, 6.07) is 11.4. The Bertz CT molecular complexity index is 824. The number of carbonyl (C=O) groups is 2. The van der Waals surface area contributed by atoms with Crippen LogP contribution in [0.3, 0.4) is 0 Å². The largest absolute Gasteiger partial charge is 0.467 e. The van der Waals surface area contributed by atoms with E-state index in [1.54, 1.807) is 17.2 Å². The fourth-order valence-electron chi connectivity index (χ4n) is 4.31. The minimum absolute atomic E-state index is 0.0659. The zero-order valence-corrected chi connectivity index (χ0v) is 15.7. The van der Waals surface area contributed by atoms with Crippen LogP contribution in [0.1, 0.15) is 60.7 Å². The molecule has 2 heterocycles. The summed E-state index contributed by atoms with van der Waals surface area (Å²) >= 11 is 0. The van der Waals surface area contributed by atoms with Crippen LogP contribution in [-0.4, -0.2) is 28.3 Å². The lowest BCUT2D eigenvalue weighted by molar-refractivity contribution is -0.133. The van der Waals surface area contributed by atoms with Crippen LogP contribution in [0.5, 0.6) is 0 Å². The summed E-state index contributed by atoms with van der Waals surface area (Å²) in [7, 11) is 0. The van der Waals surface area contributed by atoms with Gasteiger partial charge in [0.25, 0.3) is 5.91 Å². The van der Waals surface area contributed by atoms with Gasteiger partial charge < -0.3 is 14.6 Å². The summed E-state index contributed by atoms with van der Waals surface area (Å²) in [5, 5.41) is 3.23. The van der Waals surface area contributed by atoms with E-state index in [9.17, 15) is 9.59 Å². The number of benzene rings is 1. The second-order valence-electron chi connectivity index (χ2n) is 7.89. The minimum Gasteiger partial charge on any atom is -0.467 e. The van der Waals surface area contributed by atoms with E-state index in [1.165, 1.54) is 6.42 Å². The van der Waals surface area contributed by atoms with Crippen molar-refractivity contribution in [1.29, 1.82) is 0 Å². The standard InChI is InChI=1S/C22H26N2O3/c1-22(21(26)23-17-9-3-2-4-10-17)14-16-8-5-6-12-19(16)20(25)24(22)15-18-11-7-13-27-18/h5-8,11-13,17H,2-4,9-10,14-15H2,1H3,(H,23,26). The Balaban J connectivity index is 1.65. The summed E-state index contributed by atoms with van der Waals surface area (Å²) in [4.78, 5) is 28.3. The van der Waals surface area contributed by atoms with Gasteiger partial charge in [-0.25, -0.2) is 0 Å². The fraction of sp³-hybridized carbons (Fsp3) is 0.455. The van der Waals surface area contributed by atoms with E-state index in [1.807, 2.05) is 37.3 Å². The Morgan fingerprint density at radius 2 is 1.96 bits per heavy atom. The molecule has 5 nitrogen and oxygen atoms in total. The van der Waals surface area contributed by atoms with Crippen molar-refractivity contribution in [1.82, 2.24) is 10.2 Å². The maximum atomic E-state index is 13.3. The average molecular weight is 366 g/mol. The molecule has 142 valence electrons. The topological polar surface area (TPSA) is 62.6 Å². The van der Waals surface area contributed by atoms with E-state index in [4.69, 9.17) is 4.42 Å². The fourth-order valence-corrected chi connectivity index (χ4v) is 4.31. The van der Waals surface area contributed by atoms with Crippen molar-refractivity contribution in [3.63, 3.8) is 0 Å². The van der Waals surface area contributed by atoms with Gasteiger partial charge >= 0.3 is 0 Å². The molecule has 0 radical (unpaired) electrons. The summed E-state index contributed by atoms with van der Waals surface area (Å²) in [5.74, 6) is 0.498. The normalized spacial score (nSPS) is 23.1. The van der Waals surface area contributed by atoms with E-state index in [-0.39, 0.29) is 24.4 Å². The highest BCUT2D eigenvalue weighted by molar-refractivity contribution is 6.02. The highest BCUT2D eigenvalue weighted by atomic mass is 16.3. The van der Waals surface area contributed by atoms with Gasteiger partial charge in [-0.2, -0.15) is 0 Å². The molecule has 0 spiro atoms. The zero-order valence-electron chi connectivity index (χ0n) is 15.7. The molecule has 1 aromatic heterocycles. The maximum absolute atomic E-state index is 13.3. The zero-order chi connectivity index (χ0) is 18.9. The van der Waals surface area contributed by atoms with Crippen LogP contribution < -0.4 is 5.32 Å². The summed E-state index contributed by atoms with van der Waals surface area (Å²) in [6.07, 6.45) is 7.68. The molecule has 5 heteroatoms. The Kier molecular flexibility index (Phi) is 4.77.